The molecule has 0 unspecified atom stereocenters. The molecule has 1 saturated carbocycles. The standard InChI is InChI=1S/C23H25N5O2/c1-24-20-7-6-15-4-2-14(10-18(15)27-20)3-5-16-11-19(22(30)21(16)29)28-9-8-17-12-25-13-26-23(17)28/h2,4,6-10,12-13,16,19,21-22,29-30H,3,5,11H2,1H3,(H,24,27)/t16-,19+,21+,22-/m0/s1. The number of pyridine rings is 1. The Kier molecular flexibility index (Phi) is 4.84. The normalized spacial score (nSPS) is 24.0. The van der Waals surface area contributed by atoms with Crippen LogP contribution in [-0.4, -0.2) is 49.0 Å². The van der Waals surface area contributed by atoms with Crippen LogP contribution in [0, 0.1) is 5.92 Å². The van der Waals surface area contributed by atoms with Crippen molar-refractivity contribution in [1.82, 2.24) is 19.5 Å². The Morgan fingerprint density at radius 3 is 2.83 bits per heavy atom. The zero-order valence-electron chi connectivity index (χ0n) is 16.8. The fourth-order valence-corrected chi connectivity index (χ4v) is 4.64. The average molecular weight is 403 g/mol. The molecule has 1 aliphatic rings. The number of fused-ring (bicyclic) bond motifs is 2. The van der Waals surface area contributed by atoms with Crippen LogP contribution in [0.25, 0.3) is 21.9 Å². The molecule has 7 heteroatoms. The highest BCUT2D eigenvalue weighted by atomic mass is 16.3. The molecule has 0 amide bonds. The van der Waals surface area contributed by atoms with Crippen molar-refractivity contribution in [3.63, 3.8) is 0 Å². The maximum absolute atomic E-state index is 10.7. The van der Waals surface area contributed by atoms with Crippen LogP contribution >= 0.6 is 0 Å². The molecule has 4 aromatic rings. The van der Waals surface area contributed by atoms with E-state index in [2.05, 4.69) is 44.5 Å². The summed E-state index contributed by atoms with van der Waals surface area (Å²) in [6.07, 6.45) is 6.00. The van der Waals surface area contributed by atoms with Gasteiger partial charge in [0.1, 0.15) is 23.9 Å². The van der Waals surface area contributed by atoms with Crippen LogP contribution in [0.5, 0.6) is 0 Å². The van der Waals surface area contributed by atoms with Gasteiger partial charge in [-0.1, -0.05) is 12.1 Å². The molecule has 0 spiro atoms. The first-order valence-electron chi connectivity index (χ1n) is 10.3. The van der Waals surface area contributed by atoms with E-state index in [1.807, 2.05) is 29.9 Å². The number of aliphatic hydroxyl groups is 2. The van der Waals surface area contributed by atoms with Gasteiger partial charge < -0.3 is 20.1 Å². The maximum atomic E-state index is 10.7. The van der Waals surface area contributed by atoms with E-state index in [-0.39, 0.29) is 12.0 Å². The van der Waals surface area contributed by atoms with Crippen LogP contribution in [0.15, 0.2) is 55.1 Å². The maximum Gasteiger partial charge on any atom is 0.143 e. The Balaban J connectivity index is 1.32. The number of benzene rings is 1. The van der Waals surface area contributed by atoms with Gasteiger partial charge in [0.05, 0.1) is 17.7 Å². The molecule has 5 rings (SSSR count). The highest BCUT2D eigenvalue weighted by Gasteiger charge is 2.42. The van der Waals surface area contributed by atoms with Crippen LogP contribution in [-0.2, 0) is 6.42 Å². The third-order valence-corrected chi connectivity index (χ3v) is 6.32. The Morgan fingerprint density at radius 2 is 1.97 bits per heavy atom. The third-order valence-electron chi connectivity index (χ3n) is 6.32. The highest BCUT2D eigenvalue weighted by Crippen LogP contribution is 2.39. The average Bonchev–Trinajstić information content (AvgIpc) is 3.33. The first-order chi connectivity index (χ1) is 14.6. The molecule has 1 aliphatic carbocycles. The van der Waals surface area contributed by atoms with Gasteiger partial charge in [0, 0.05) is 30.2 Å². The molecule has 4 atom stereocenters. The monoisotopic (exact) mass is 403 g/mol. The van der Waals surface area contributed by atoms with Crippen molar-refractivity contribution < 1.29 is 10.2 Å². The van der Waals surface area contributed by atoms with Crippen molar-refractivity contribution in [2.45, 2.75) is 37.5 Å². The van der Waals surface area contributed by atoms with E-state index < -0.39 is 12.2 Å². The van der Waals surface area contributed by atoms with Crippen LogP contribution in [0.3, 0.4) is 0 Å². The molecule has 30 heavy (non-hydrogen) atoms. The van der Waals surface area contributed by atoms with E-state index in [9.17, 15) is 10.2 Å². The summed E-state index contributed by atoms with van der Waals surface area (Å²) in [6, 6.07) is 12.1. The van der Waals surface area contributed by atoms with E-state index in [0.29, 0.717) is 6.42 Å². The molecule has 154 valence electrons. The quantitative estimate of drug-likeness (QED) is 0.474. The number of anilines is 1. The minimum atomic E-state index is -0.808. The van der Waals surface area contributed by atoms with Crippen molar-refractivity contribution >= 4 is 27.8 Å². The van der Waals surface area contributed by atoms with Crippen molar-refractivity contribution in [1.29, 1.82) is 0 Å². The van der Waals surface area contributed by atoms with Crippen molar-refractivity contribution in [2.24, 2.45) is 5.92 Å². The summed E-state index contributed by atoms with van der Waals surface area (Å²) in [7, 11) is 1.86. The summed E-state index contributed by atoms with van der Waals surface area (Å²) >= 11 is 0. The second kappa shape index (κ2) is 7.66. The predicted octanol–water partition coefficient (Wildman–Crippen LogP) is 2.94. The largest absolute Gasteiger partial charge is 0.390 e. The van der Waals surface area contributed by atoms with Crippen molar-refractivity contribution in [3.8, 4) is 0 Å². The number of hydrogen-bond donors (Lipinski definition) is 3. The Labute approximate surface area is 174 Å². The van der Waals surface area contributed by atoms with Gasteiger partial charge in [-0.15, -0.1) is 0 Å². The molecule has 0 aliphatic heterocycles. The van der Waals surface area contributed by atoms with Gasteiger partial charge in [0.15, 0.2) is 0 Å². The van der Waals surface area contributed by atoms with Gasteiger partial charge in [0.2, 0.25) is 0 Å². The fraction of sp³-hybridized carbons (Fsp3) is 0.348. The van der Waals surface area contributed by atoms with E-state index in [1.165, 1.54) is 11.9 Å². The van der Waals surface area contributed by atoms with E-state index >= 15 is 0 Å². The molecule has 0 bridgehead atoms. The van der Waals surface area contributed by atoms with E-state index in [1.54, 1.807) is 6.20 Å². The molecular formula is C23H25N5O2. The Bertz CT molecular complexity index is 1190. The summed E-state index contributed by atoms with van der Waals surface area (Å²) in [5.74, 6) is 0.871. The van der Waals surface area contributed by atoms with Gasteiger partial charge in [-0.3, -0.25) is 0 Å². The minimum Gasteiger partial charge on any atom is -0.390 e. The highest BCUT2D eigenvalue weighted by molar-refractivity contribution is 5.81. The van der Waals surface area contributed by atoms with Gasteiger partial charge in [0.25, 0.3) is 0 Å². The lowest BCUT2D eigenvalue weighted by molar-refractivity contribution is 0.00545. The van der Waals surface area contributed by atoms with Gasteiger partial charge in [-0.2, -0.15) is 0 Å². The topological polar surface area (TPSA) is 96.1 Å². The van der Waals surface area contributed by atoms with Gasteiger partial charge in [-0.25, -0.2) is 15.0 Å². The molecule has 1 aromatic carbocycles. The fourth-order valence-electron chi connectivity index (χ4n) is 4.64. The molecular weight excluding hydrogens is 378 g/mol. The molecule has 1 fully saturated rings. The number of nitrogens with zero attached hydrogens (tertiary/aromatic N) is 4. The molecule has 3 aromatic heterocycles. The molecule has 0 saturated heterocycles. The summed E-state index contributed by atoms with van der Waals surface area (Å²) in [4.78, 5) is 13.0. The van der Waals surface area contributed by atoms with Gasteiger partial charge in [-0.05, 0) is 55.0 Å². The first-order valence-corrected chi connectivity index (χ1v) is 10.3. The smallest absolute Gasteiger partial charge is 0.143 e. The van der Waals surface area contributed by atoms with Crippen molar-refractivity contribution in [3.05, 3.63) is 60.7 Å². The van der Waals surface area contributed by atoms with E-state index in [0.717, 1.165) is 40.6 Å². The van der Waals surface area contributed by atoms with Crippen LogP contribution in [0.4, 0.5) is 5.82 Å². The van der Waals surface area contributed by atoms with Gasteiger partial charge >= 0.3 is 0 Å². The molecule has 3 N–H and O–H groups in total. The zero-order chi connectivity index (χ0) is 20.7. The molecule has 0 radical (unpaired) electrons. The number of aliphatic hydroxyl groups excluding tert-OH is 2. The van der Waals surface area contributed by atoms with Crippen molar-refractivity contribution in [2.75, 3.05) is 12.4 Å². The minimum absolute atomic E-state index is 0.0246. The number of nitrogens with one attached hydrogen (secondary N) is 1. The number of aromatic nitrogens is 4. The van der Waals surface area contributed by atoms with E-state index in [4.69, 9.17) is 0 Å². The number of aryl methyl sites for hydroxylation is 1. The second-order valence-corrected chi connectivity index (χ2v) is 8.08. The third kappa shape index (κ3) is 3.30. The SMILES string of the molecule is CNc1ccc2ccc(CC[C@H]3C[C@@H](n4ccc5cncnc54)[C@H](O)[C@@H]3O)cc2n1. The lowest BCUT2D eigenvalue weighted by Crippen LogP contribution is -2.29. The summed E-state index contributed by atoms with van der Waals surface area (Å²) < 4.78 is 1.98. The molecule has 7 nitrogen and oxygen atoms in total. The zero-order valence-corrected chi connectivity index (χ0v) is 16.8. The predicted molar refractivity (Wildman–Crippen MR) is 116 cm³/mol. The number of hydrogen-bond acceptors (Lipinski definition) is 6. The second-order valence-electron chi connectivity index (χ2n) is 8.08. The summed E-state index contributed by atoms with van der Waals surface area (Å²) in [5.41, 5.74) is 2.94. The Morgan fingerprint density at radius 1 is 1.10 bits per heavy atom. The summed E-state index contributed by atoms with van der Waals surface area (Å²) in [6.45, 7) is 0. The molecule has 3 heterocycles. The summed E-state index contributed by atoms with van der Waals surface area (Å²) in [5, 5.41) is 26.5. The van der Waals surface area contributed by atoms with Crippen LogP contribution in [0.2, 0.25) is 0 Å². The first kappa shape index (κ1) is 19.0. The Hall–Kier alpha value is -3.03. The lowest BCUT2D eigenvalue weighted by atomic mass is 9.95. The van der Waals surface area contributed by atoms with Crippen LogP contribution in [0.1, 0.15) is 24.4 Å². The number of rotatable bonds is 5. The van der Waals surface area contributed by atoms with Crippen LogP contribution < -0.4 is 5.32 Å². The lowest BCUT2D eigenvalue weighted by Gasteiger charge is -2.18.